The van der Waals surface area contributed by atoms with E-state index in [1.54, 1.807) is 12.1 Å². The van der Waals surface area contributed by atoms with Crippen molar-refractivity contribution in [3.05, 3.63) is 24.0 Å². The Morgan fingerprint density at radius 1 is 1.65 bits per heavy atom. The second kappa shape index (κ2) is 7.17. The van der Waals surface area contributed by atoms with Gasteiger partial charge in [0.2, 0.25) is 0 Å². The van der Waals surface area contributed by atoms with Crippen LogP contribution in [0.3, 0.4) is 0 Å². The zero-order valence-electron chi connectivity index (χ0n) is 10.1. The lowest BCUT2D eigenvalue weighted by molar-refractivity contribution is 0.0690. The number of pyridine rings is 1. The molecule has 0 aliphatic heterocycles. The van der Waals surface area contributed by atoms with Crippen LogP contribution in [0.15, 0.2) is 18.3 Å². The molecule has 0 bridgehead atoms. The van der Waals surface area contributed by atoms with Gasteiger partial charge in [-0.25, -0.2) is 9.78 Å². The van der Waals surface area contributed by atoms with Crippen LogP contribution in [0.2, 0.25) is 0 Å². The fraction of sp³-hybridized carbons (Fsp3) is 0.500. The van der Waals surface area contributed by atoms with Crippen LogP contribution in [0, 0.1) is 0 Å². The molecule has 1 aromatic heterocycles. The molecule has 0 amide bonds. The van der Waals surface area contributed by atoms with E-state index in [9.17, 15) is 4.79 Å². The normalized spacial score (nSPS) is 12.1. The minimum Gasteiger partial charge on any atom is -0.477 e. The number of carboxylic acids is 1. The maximum Gasteiger partial charge on any atom is 0.354 e. The Morgan fingerprint density at radius 2 is 2.41 bits per heavy atom. The average Bonchev–Trinajstić information content (AvgIpc) is 2.29. The van der Waals surface area contributed by atoms with Crippen molar-refractivity contribution in [2.45, 2.75) is 26.3 Å². The third-order valence-corrected chi connectivity index (χ3v) is 3.22. The summed E-state index contributed by atoms with van der Waals surface area (Å²) in [5.41, 5.74) is 0.886. The number of aromatic carboxylic acids is 1. The van der Waals surface area contributed by atoms with Gasteiger partial charge in [0.25, 0.3) is 0 Å². The number of rotatable bonds is 7. The number of carbonyl (C=O) groups is 1. The molecule has 0 fully saturated rings. The van der Waals surface area contributed by atoms with E-state index in [2.05, 4.69) is 24.1 Å². The number of hydrogen-bond acceptors (Lipinski definition) is 4. The van der Waals surface area contributed by atoms with Gasteiger partial charge in [-0.2, -0.15) is 11.8 Å². The van der Waals surface area contributed by atoms with E-state index in [1.165, 1.54) is 6.20 Å². The lowest BCUT2D eigenvalue weighted by Crippen LogP contribution is -2.16. The van der Waals surface area contributed by atoms with Gasteiger partial charge >= 0.3 is 5.97 Å². The summed E-state index contributed by atoms with van der Waals surface area (Å²) in [5, 5.41) is 12.1. The van der Waals surface area contributed by atoms with Crippen molar-refractivity contribution in [3.8, 4) is 0 Å². The topological polar surface area (TPSA) is 62.2 Å². The van der Waals surface area contributed by atoms with Crippen LogP contribution in [-0.2, 0) is 0 Å². The largest absolute Gasteiger partial charge is 0.477 e. The Hall–Kier alpha value is -1.23. The quantitative estimate of drug-likeness (QED) is 0.733. The number of nitrogens with zero attached hydrogens (tertiary/aromatic N) is 1. The molecule has 0 saturated heterocycles. The highest BCUT2D eigenvalue weighted by molar-refractivity contribution is 7.99. The van der Waals surface area contributed by atoms with Crippen LogP contribution in [0.25, 0.3) is 0 Å². The number of anilines is 1. The van der Waals surface area contributed by atoms with Gasteiger partial charge in [-0.3, -0.25) is 0 Å². The van der Waals surface area contributed by atoms with Gasteiger partial charge in [-0.1, -0.05) is 6.92 Å². The lowest BCUT2D eigenvalue weighted by Gasteiger charge is -2.14. The van der Waals surface area contributed by atoms with Crippen molar-refractivity contribution >= 4 is 23.4 Å². The number of hydrogen-bond donors (Lipinski definition) is 2. The maximum absolute atomic E-state index is 10.8. The van der Waals surface area contributed by atoms with E-state index in [-0.39, 0.29) is 5.69 Å². The monoisotopic (exact) mass is 254 g/mol. The first-order valence-corrected chi connectivity index (χ1v) is 6.82. The molecule has 5 heteroatoms. The third kappa shape index (κ3) is 5.08. The van der Waals surface area contributed by atoms with E-state index in [0.717, 1.165) is 23.6 Å². The van der Waals surface area contributed by atoms with Gasteiger partial charge in [0.05, 0.1) is 0 Å². The molecule has 2 N–H and O–H groups in total. The summed E-state index contributed by atoms with van der Waals surface area (Å²) in [5.74, 6) is 1.25. The van der Waals surface area contributed by atoms with Crippen molar-refractivity contribution in [2.24, 2.45) is 0 Å². The molecule has 1 unspecified atom stereocenters. The zero-order valence-corrected chi connectivity index (χ0v) is 11.0. The summed E-state index contributed by atoms with van der Waals surface area (Å²) in [6, 6.07) is 3.68. The third-order valence-electron chi connectivity index (χ3n) is 2.29. The molecule has 0 spiro atoms. The molecule has 1 atom stereocenters. The van der Waals surface area contributed by atoms with Crippen molar-refractivity contribution in [1.29, 1.82) is 0 Å². The number of thioether (sulfide) groups is 1. The smallest absolute Gasteiger partial charge is 0.354 e. The summed E-state index contributed by atoms with van der Waals surface area (Å²) in [6.07, 6.45) is 2.57. The van der Waals surface area contributed by atoms with Crippen LogP contribution in [0.4, 0.5) is 5.69 Å². The molecule has 0 aromatic carbocycles. The Balaban J connectivity index is 2.50. The molecule has 0 saturated carbocycles. The molecular formula is C12H18N2O2S. The Bertz CT molecular complexity index is 371. The van der Waals surface area contributed by atoms with E-state index in [0.29, 0.717) is 6.04 Å². The highest BCUT2D eigenvalue weighted by Crippen LogP contribution is 2.12. The van der Waals surface area contributed by atoms with Crippen molar-refractivity contribution in [3.63, 3.8) is 0 Å². The van der Waals surface area contributed by atoms with Gasteiger partial charge < -0.3 is 10.4 Å². The molecule has 4 nitrogen and oxygen atoms in total. The maximum atomic E-state index is 10.8. The van der Waals surface area contributed by atoms with E-state index >= 15 is 0 Å². The predicted octanol–water partition coefficient (Wildman–Crippen LogP) is 2.72. The summed E-state index contributed by atoms with van der Waals surface area (Å²) < 4.78 is 0. The minimum absolute atomic E-state index is 0.0742. The summed E-state index contributed by atoms with van der Waals surface area (Å²) in [7, 11) is 0. The van der Waals surface area contributed by atoms with E-state index in [1.807, 2.05) is 11.8 Å². The molecule has 0 radical (unpaired) electrons. The Kier molecular flexibility index (Phi) is 5.83. The summed E-state index contributed by atoms with van der Waals surface area (Å²) >= 11 is 1.91. The summed E-state index contributed by atoms with van der Waals surface area (Å²) in [4.78, 5) is 14.5. The molecule has 0 aliphatic rings. The highest BCUT2D eigenvalue weighted by Gasteiger charge is 2.06. The molecule has 0 aliphatic carbocycles. The lowest BCUT2D eigenvalue weighted by atomic mass is 10.2. The van der Waals surface area contributed by atoms with Crippen LogP contribution in [0.1, 0.15) is 30.8 Å². The fourth-order valence-electron chi connectivity index (χ4n) is 1.40. The number of nitrogens with one attached hydrogen (secondary N) is 1. The van der Waals surface area contributed by atoms with Gasteiger partial charge in [-0.05, 0) is 37.0 Å². The molecule has 1 heterocycles. The molecule has 94 valence electrons. The van der Waals surface area contributed by atoms with Crippen LogP contribution < -0.4 is 5.32 Å². The van der Waals surface area contributed by atoms with Crippen LogP contribution in [-0.4, -0.2) is 33.6 Å². The van der Waals surface area contributed by atoms with Crippen molar-refractivity contribution in [1.82, 2.24) is 4.98 Å². The molecule has 1 rings (SSSR count). The fourth-order valence-corrected chi connectivity index (χ4v) is 2.21. The average molecular weight is 254 g/mol. The summed E-state index contributed by atoms with van der Waals surface area (Å²) in [6.45, 7) is 4.24. The van der Waals surface area contributed by atoms with Crippen LogP contribution in [0.5, 0.6) is 0 Å². The Morgan fingerprint density at radius 3 is 3.06 bits per heavy atom. The highest BCUT2D eigenvalue weighted by atomic mass is 32.2. The first kappa shape index (κ1) is 13.8. The zero-order chi connectivity index (χ0) is 12.7. The number of carboxylic acid groups (broad SMARTS) is 1. The van der Waals surface area contributed by atoms with Crippen LogP contribution >= 0.6 is 11.8 Å². The molecule has 1 aromatic rings. The first-order valence-electron chi connectivity index (χ1n) is 5.67. The van der Waals surface area contributed by atoms with Gasteiger partial charge in [0, 0.05) is 17.9 Å². The van der Waals surface area contributed by atoms with Gasteiger partial charge in [-0.15, -0.1) is 0 Å². The van der Waals surface area contributed by atoms with Gasteiger partial charge in [0.1, 0.15) is 5.69 Å². The Labute approximate surface area is 106 Å². The second-order valence-electron chi connectivity index (χ2n) is 3.77. The second-order valence-corrected chi connectivity index (χ2v) is 5.16. The minimum atomic E-state index is -0.997. The SMILES string of the molecule is CCSCCC(C)Nc1ccnc(C(=O)O)c1. The number of aromatic nitrogens is 1. The molecular weight excluding hydrogens is 236 g/mol. The molecule has 17 heavy (non-hydrogen) atoms. The van der Waals surface area contributed by atoms with Gasteiger partial charge in [0.15, 0.2) is 0 Å². The standard InChI is InChI=1S/C12H18N2O2S/c1-3-17-7-5-9(2)14-10-4-6-13-11(8-10)12(15)16/h4,6,8-9H,3,5,7H2,1-2H3,(H,13,14)(H,15,16). The van der Waals surface area contributed by atoms with E-state index < -0.39 is 5.97 Å². The van der Waals surface area contributed by atoms with Crippen molar-refractivity contribution < 1.29 is 9.90 Å². The van der Waals surface area contributed by atoms with Crippen molar-refractivity contribution in [2.75, 3.05) is 16.8 Å². The van der Waals surface area contributed by atoms with E-state index in [4.69, 9.17) is 5.11 Å². The first-order chi connectivity index (χ1) is 8.13. The predicted molar refractivity (Wildman–Crippen MR) is 71.9 cm³/mol.